The van der Waals surface area contributed by atoms with Gasteiger partial charge in [-0.3, -0.25) is 0 Å². The van der Waals surface area contributed by atoms with E-state index >= 15 is 0 Å². The summed E-state index contributed by atoms with van der Waals surface area (Å²) in [6, 6.07) is 5.46. The molecule has 0 spiro atoms. The van der Waals surface area contributed by atoms with Gasteiger partial charge in [-0.25, -0.2) is 18.4 Å². The van der Waals surface area contributed by atoms with E-state index in [1.165, 1.54) is 11.3 Å². The molecular weight excluding hydrogens is 320 g/mol. The Balaban J connectivity index is 1.61. The van der Waals surface area contributed by atoms with Crippen LogP contribution in [0.5, 0.6) is 0 Å². The third kappa shape index (κ3) is 2.13. The van der Waals surface area contributed by atoms with Gasteiger partial charge in [0, 0.05) is 37.6 Å². The van der Waals surface area contributed by atoms with E-state index in [9.17, 15) is 8.42 Å². The number of sulfonamides is 1. The van der Waals surface area contributed by atoms with Gasteiger partial charge in [-0.05, 0) is 30.4 Å². The molecule has 2 saturated heterocycles. The van der Waals surface area contributed by atoms with Gasteiger partial charge in [0.1, 0.15) is 4.21 Å². The van der Waals surface area contributed by atoms with Gasteiger partial charge in [-0.1, -0.05) is 6.07 Å². The molecule has 0 N–H and O–H groups in total. The standard InChI is InChI=1S/C14H16N4O2S2/c19-22(20,13-3-1-10-21-13)18-9-5-11-12(18)4-8-17(11)14-15-6-2-7-16-14/h1-3,6-7,10-12H,4-5,8-9H2/t11-,12+/m0/s1. The summed E-state index contributed by atoms with van der Waals surface area (Å²) in [5, 5.41) is 1.80. The highest BCUT2D eigenvalue weighted by Crippen LogP contribution is 2.37. The smallest absolute Gasteiger partial charge is 0.252 e. The lowest BCUT2D eigenvalue weighted by molar-refractivity contribution is 0.389. The second-order valence-corrected chi connectivity index (χ2v) is 8.57. The molecule has 6 nitrogen and oxygen atoms in total. The molecule has 116 valence electrons. The Morgan fingerprint density at radius 3 is 2.59 bits per heavy atom. The van der Waals surface area contributed by atoms with Gasteiger partial charge in [-0.2, -0.15) is 4.31 Å². The van der Waals surface area contributed by atoms with Gasteiger partial charge < -0.3 is 4.90 Å². The van der Waals surface area contributed by atoms with Crippen LogP contribution in [0.4, 0.5) is 5.95 Å². The quantitative estimate of drug-likeness (QED) is 0.851. The van der Waals surface area contributed by atoms with Crippen molar-refractivity contribution in [1.29, 1.82) is 0 Å². The van der Waals surface area contributed by atoms with Crippen LogP contribution in [0.2, 0.25) is 0 Å². The maximum Gasteiger partial charge on any atom is 0.252 e. The van der Waals surface area contributed by atoms with Gasteiger partial charge in [0.05, 0.1) is 0 Å². The molecule has 0 unspecified atom stereocenters. The number of hydrogen-bond donors (Lipinski definition) is 0. The number of rotatable bonds is 3. The Morgan fingerprint density at radius 2 is 1.86 bits per heavy atom. The lowest BCUT2D eigenvalue weighted by Crippen LogP contribution is -2.39. The number of anilines is 1. The monoisotopic (exact) mass is 336 g/mol. The molecule has 0 saturated carbocycles. The van der Waals surface area contributed by atoms with Crippen LogP contribution in [0, 0.1) is 0 Å². The Morgan fingerprint density at radius 1 is 1.09 bits per heavy atom. The third-order valence-corrected chi connectivity index (χ3v) is 7.69. The van der Waals surface area contributed by atoms with E-state index in [2.05, 4.69) is 14.9 Å². The summed E-state index contributed by atoms with van der Waals surface area (Å²) in [4.78, 5) is 10.8. The number of aromatic nitrogens is 2. The zero-order valence-corrected chi connectivity index (χ0v) is 13.5. The first-order valence-corrected chi connectivity index (χ1v) is 9.59. The molecular formula is C14H16N4O2S2. The third-order valence-electron chi connectivity index (χ3n) is 4.39. The summed E-state index contributed by atoms with van der Waals surface area (Å²) in [7, 11) is -3.37. The predicted octanol–water partition coefficient (Wildman–Crippen LogP) is 1.58. The molecule has 4 rings (SSSR count). The van der Waals surface area contributed by atoms with Crippen molar-refractivity contribution in [2.45, 2.75) is 29.1 Å². The van der Waals surface area contributed by atoms with E-state index in [1.807, 2.05) is 0 Å². The second kappa shape index (κ2) is 5.29. The van der Waals surface area contributed by atoms with E-state index in [4.69, 9.17) is 0 Å². The van der Waals surface area contributed by atoms with Crippen molar-refractivity contribution in [2.24, 2.45) is 0 Å². The Hall–Kier alpha value is -1.51. The topological polar surface area (TPSA) is 66.4 Å². The van der Waals surface area contributed by atoms with E-state index in [0.717, 1.165) is 19.4 Å². The molecule has 2 fully saturated rings. The fraction of sp³-hybridized carbons (Fsp3) is 0.429. The molecule has 2 atom stereocenters. The lowest BCUT2D eigenvalue weighted by Gasteiger charge is -2.24. The van der Waals surface area contributed by atoms with E-state index in [1.54, 1.807) is 40.3 Å². The molecule has 2 aliphatic rings. The van der Waals surface area contributed by atoms with Gasteiger partial charge in [0.15, 0.2) is 0 Å². The highest BCUT2D eigenvalue weighted by molar-refractivity contribution is 7.91. The van der Waals surface area contributed by atoms with Crippen LogP contribution in [0.25, 0.3) is 0 Å². The molecule has 0 aliphatic carbocycles. The van der Waals surface area contributed by atoms with Crippen LogP contribution >= 0.6 is 11.3 Å². The Labute approximate surface area is 133 Å². The number of fused-ring (bicyclic) bond motifs is 1. The van der Waals surface area contributed by atoms with Gasteiger partial charge in [0.2, 0.25) is 5.95 Å². The Kier molecular flexibility index (Phi) is 3.39. The van der Waals surface area contributed by atoms with E-state index in [0.29, 0.717) is 16.7 Å². The first kappa shape index (κ1) is 14.1. The first-order chi connectivity index (χ1) is 10.7. The van der Waals surface area contributed by atoms with Crippen molar-refractivity contribution >= 4 is 27.3 Å². The molecule has 2 aromatic rings. The second-order valence-electron chi connectivity index (χ2n) is 5.50. The van der Waals surface area contributed by atoms with E-state index < -0.39 is 10.0 Å². The number of hydrogen-bond acceptors (Lipinski definition) is 6. The fourth-order valence-electron chi connectivity index (χ4n) is 3.46. The lowest BCUT2D eigenvalue weighted by atomic mass is 10.1. The zero-order chi connectivity index (χ0) is 15.2. The van der Waals surface area contributed by atoms with Crippen molar-refractivity contribution in [3.05, 3.63) is 36.0 Å². The molecule has 0 radical (unpaired) electrons. The zero-order valence-electron chi connectivity index (χ0n) is 11.9. The minimum Gasteiger partial charge on any atom is -0.336 e. The summed E-state index contributed by atoms with van der Waals surface area (Å²) < 4.78 is 27.6. The van der Waals surface area contributed by atoms with Crippen molar-refractivity contribution in [3.8, 4) is 0 Å². The highest BCUT2D eigenvalue weighted by Gasteiger charge is 2.48. The van der Waals surface area contributed by atoms with Gasteiger partial charge >= 0.3 is 0 Å². The minimum atomic E-state index is -3.37. The number of nitrogens with zero attached hydrogens (tertiary/aromatic N) is 4. The van der Waals surface area contributed by atoms with Crippen molar-refractivity contribution < 1.29 is 8.42 Å². The average molecular weight is 336 g/mol. The van der Waals surface area contributed by atoms with Crippen molar-refractivity contribution in [3.63, 3.8) is 0 Å². The number of thiophene rings is 1. The van der Waals surface area contributed by atoms with Crippen LogP contribution in [-0.4, -0.2) is 47.9 Å². The SMILES string of the molecule is O=S(=O)(c1cccs1)N1CC[C@H]2[C@H]1CCN2c1ncccn1. The largest absolute Gasteiger partial charge is 0.336 e. The van der Waals surface area contributed by atoms with Crippen LogP contribution in [-0.2, 0) is 10.0 Å². The maximum absolute atomic E-state index is 12.8. The van der Waals surface area contributed by atoms with Crippen molar-refractivity contribution in [2.75, 3.05) is 18.0 Å². The van der Waals surface area contributed by atoms with Crippen LogP contribution in [0.1, 0.15) is 12.8 Å². The van der Waals surface area contributed by atoms with Gasteiger partial charge in [-0.15, -0.1) is 11.3 Å². The molecule has 4 heterocycles. The predicted molar refractivity (Wildman–Crippen MR) is 84.4 cm³/mol. The summed E-state index contributed by atoms with van der Waals surface area (Å²) >= 11 is 1.28. The average Bonchev–Trinajstić information content (AvgIpc) is 3.25. The van der Waals surface area contributed by atoms with Gasteiger partial charge in [0.25, 0.3) is 10.0 Å². The summed E-state index contributed by atoms with van der Waals surface area (Å²) in [6.07, 6.45) is 5.11. The normalized spacial score (nSPS) is 25.5. The molecule has 22 heavy (non-hydrogen) atoms. The maximum atomic E-state index is 12.8. The fourth-order valence-corrected chi connectivity index (χ4v) is 6.28. The minimum absolute atomic E-state index is 0.0240. The first-order valence-electron chi connectivity index (χ1n) is 7.27. The van der Waals surface area contributed by atoms with Crippen LogP contribution < -0.4 is 4.90 Å². The molecule has 0 bridgehead atoms. The molecule has 0 aromatic carbocycles. The van der Waals surface area contributed by atoms with Crippen LogP contribution in [0.3, 0.4) is 0 Å². The molecule has 2 aliphatic heterocycles. The summed E-state index contributed by atoms with van der Waals surface area (Å²) in [5.41, 5.74) is 0. The Bertz CT molecular complexity index is 748. The molecule has 0 amide bonds. The molecule has 2 aromatic heterocycles. The summed E-state index contributed by atoms with van der Waals surface area (Å²) in [5.74, 6) is 0.699. The van der Waals surface area contributed by atoms with E-state index in [-0.39, 0.29) is 12.1 Å². The highest BCUT2D eigenvalue weighted by atomic mass is 32.2. The van der Waals surface area contributed by atoms with Crippen LogP contribution in [0.15, 0.2) is 40.2 Å². The molecule has 8 heteroatoms. The summed E-state index contributed by atoms with van der Waals surface area (Å²) in [6.45, 7) is 1.37. The van der Waals surface area contributed by atoms with Crippen molar-refractivity contribution in [1.82, 2.24) is 14.3 Å².